The van der Waals surface area contributed by atoms with Gasteiger partial charge in [0.15, 0.2) is 0 Å². The topological polar surface area (TPSA) is 59.3 Å². The van der Waals surface area contributed by atoms with Crippen LogP contribution in [-0.2, 0) is 9.47 Å². The van der Waals surface area contributed by atoms with Gasteiger partial charge in [-0.1, -0.05) is 24.3 Å². The standard InChI is InChI=1S/C14H15NO3S/c1-2-8-17-9-13(10-19-11-15)18-14(16)12-6-4-3-5-7-12/h2-7,13H,1,8-10H2. The first-order chi connectivity index (χ1) is 9.27. The Kier molecular flexibility index (Phi) is 7.40. The first kappa shape index (κ1) is 15.3. The highest BCUT2D eigenvalue weighted by atomic mass is 32.2. The van der Waals surface area contributed by atoms with E-state index >= 15 is 0 Å². The predicted octanol–water partition coefficient (Wildman–Crippen LogP) is 2.63. The molecule has 0 aliphatic heterocycles. The Hall–Kier alpha value is -1.77. The molecule has 1 atom stereocenters. The summed E-state index contributed by atoms with van der Waals surface area (Å²) in [5.74, 6) is -0.0296. The first-order valence-corrected chi connectivity index (χ1v) is 6.72. The maximum Gasteiger partial charge on any atom is 0.338 e. The molecule has 1 aromatic rings. The molecule has 0 spiro atoms. The van der Waals surface area contributed by atoms with Crippen LogP contribution >= 0.6 is 11.8 Å². The zero-order chi connectivity index (χ0) is 13.9. The Balaban J connectivity index is 2.53. The molecule has 0 aliphatic carbocycles. The maximum atomic E-state index is 11.9. The molecule has 0 bridgehead atoms. The number of carbonyl (C=O) groups excluding carboxylic acids is 1. The Morgan fingerprint density at radius 1 is 1.47 bits per heavy atom. The van der Waals surface area contributed by atoms with Gasteiger partial charge in [0.25, 0.3) is 0 Å². The Labute approximate surface area is 117 Å². The first-order valence-electron chi connectivity index (χ1n) is 5.73. The van der Waals surface area contributed by atoms with Crippen molar-refractivity contribution in [3.8, 4) is 5.40 Å². The van der Waals surface area contributed by atoms with Crippen molar-refractivity contribution in [3.05, 3.63) is 48.6 Å². The largest absolute Gasteiger partial charge is 0.455 e. The molecule has 4 nitrogen and oxygen atoms in total. The lowest BCUT2D eigenvalue weighted by molar-refractivity contribution is 0.00846. The van der Waals surface area contributed by atoms with Crippen LogP contribution in [0.25, 0.3) is 0 Å². The minimum atomic E-state index is -0.447. The van der Waals surface area contributed by atoms with E-state index in [1.165, 1.54) is 0 Å². The Morgan fingerprint density at radius 2 is 2.21 bits per heavy atom. The van der Waals surface area contributed by atoms with Crippen LogP contribution in [0.3, 0.4) is 0 Å². The maximum absolute atomic E-state index is 11.9. The molecule has 1 rings (SSSR count). The summed E-state index contributed by atoms with van der Waals surface area (Å²) in [6, 6.07) is 8.73. The van der Waals surface area contributed by atoms with Gasteiger partial charge in [-0.15, -0.1) is 6.58 Å². The summed E-state index contributed by atoms with van der Waals surface area (Å²) >= 11 is 1.03. The molecule has 0 N–H and O–H groups in total. The van der Waals surface area contributed by atoms with Crippen molar-refractivity contribution < 1.29 is 14.3 Å². The number of hydrogen-bond donors (Lipinski definition) is 0. The van der Waals surface area contributed by atoms with Crippen LogP contribution < -0.4 is 0 Å². The lowest BCUT2D eigenvalue weighted by Crippen LogP contribution is -2.26. The van der Waals surface area contributed by atoms with Crippen LogP contribution in [-0.4, -0.2) is 31.0 Å². The zero-order valence-corrected chi connectivity index (χ0v) is 11.3. The van der Waals surface area contributed by atoms with Crippen molar-refractivity contribution >= 4 is 17.7 Å². The van der Waals surface area contributed by atoms with Crippen LogP contribution in [0.1, 0.15) is 10.4 Å². The number of thioether (sulfide) groups is 1. The monoisotopic (exact) mass is 277 g/mol. The van der Waals surface area contributed by atoms with Gasteiger partial charge in [-0.3, -0.25) is 0 Å². The highest BCUT2D eigenvalue weighted by molar-refractivity contribution is 8.03. The number of carbonyl (C=O) groups is 1. The quantitative estimate of drug-likeness (QED) is 0.316. The van der Waals surface area contributed by atoms with E-state index in [9.17, 15) is 4.79 Å². The molecule has 0 radical (unpaired) electrons. The van der Waals surface area contributed by atoms with Crippen LogP contribution in [0.2, 0.25) is 0 Å². The van der Waals surface area contributed by atoms with Gasteiger partial charge in [-0.05, 0) is 23.9 Å². The van der Waals surface area contributed by atoms with Gasteiger partial charge in [0.05, 0.1) is 18.8 Å². The molecule has 0 heterocycles. The molecule has 0 saturated carbocycles. The third-order valence-corrected chi connectivity index (χ3v) is 2.82. The summed E-state index contributed by atoms with van der Waals surface area (Å²) < 4.78 is 10.6. The second-order valence-corrected chi connectivity index (χ2v) is 4.43. The van der Waals surface area contributed by atoms with E-state index in [-0.39, 0.29) is 6.61 Å². The number of thiocyanates is 1. The highest BCUT2D eigenvalue weighted by Crippen LogP contribution is 2.09. The van der Waals surface area contributed by atoms with Gasteiger partial charge >= 0.3 is 5.97 Å². The summed E-state index contributed by atoms with van der Waals surface area (Å²) in [6.45, 7) is 4.17. The van der Waals surface area contributed by atoms with E-state index in [1.807, 2.05) is 11.5 Å². The van der Waals surface area contributed by atoms with E-state index in [4.69, 9.17) is 14.7 Å². The highest BCUT2D eigenvalue weighted by Gasteiger charge is 2.16. The molecule has 100 valence electrons. The second kappa shape index (κ2) is 9.20. The van der Waals surface area contributed by atoms with Gasteiger partial charge in [-0.25, -0.2) is 4.79 Å². The number of rotatable bonds is 8. The molecule has 0 aromatic heterocycles. The summed E-state index contributed by atoms with van der Waals surface area (Å²) in [4.78, 5) is 11.9. The third kappa shape index (κ3) is 6.09. The SMILES string of the molecule is C=CCOCC(CSC#N)OC(=O)c1ccccc1. The van der Waals surface area contributed by atoms with Crippen molar-refractivity contribution in [2.24, 2.45) is 0 Å². The summed E-state index contributed by atoms with van der Waals surface area (Å²) in [5.41, 5.74) is 0.484. The number of nitriles is 1. The predicted molar refractivity (Wildman–Crippen MR) is 74.7 cm³/mol. The molecule has 0 saturated heterocycles. The number of esters is 1. The molecule has 0 amide bonds. The fourth-order valence-electron chi connectivity index (χ4n) is 1.32. The van der Waals surface area contributed by atoms with Crippen molar-refractivity contribution in [2.45, 2.75) is 6.10 Å². The van der Waals surface area contributed by atoms with Gasteiger partial charge in [0.2, 0.25) is 0 Å². The Bertz CT molecular complexity index is 442. The molecule has 1 unspecified atom stereocenters. The molecule has 5 heteroatoms. The van der Waals surface area contributed by atoms with Gasteiger partial charge in [0, 0.05) is 5.75 Å². The summed E-state index contributed by atoms with van der Waals surface area (Å²) in [7, 11) is 0. The number of benzene rings is 1. The molecular formula is C14H15NO3S. The lowest BCUT2D eigenvalue weighted by Gasteiger charge is -2.16. The van der Waals surface area contributed by atoms with Crippen LogP contribution in [0.5, 0.6) is 0 Å². The fourth-order valence-corrected chi connectivity index (χ4v) is 1.75. The van der Waals surface area contributed by atoms with Gasteiger partial charge < -0.3 is 9.47 Å². The molecular weight excluding hydrogens is 262 g/mol. The summed E-state index contributed by atoms with van der Waals surface area (Å²) in [5, 5.41) is 10.5. The van der Waals surface area contributed by atoms with E-state index in [0.29, 0.717) is 17.9 Å². The van der Waals surface area contributed by atoms with Gasteiger partial charge in [0.1, 0.15) is 11.5 Å². The fraction of sp³-hybridized carbons (Fsp3) is 0.286. The number of ether oxygens (including phenoxy) is 2. The zero-order valence-electron chi connectivity index (χ0n) is 10.5. The molecule has 19 heavy (non-hydrogen) atoms. The van der Waals surface area contributed by atoms with Crippen LogP contribution in [0.4, 0.5) is 0 Å². The molecule has 0 fully saturated rings. The minimum absolute atomic E-state index is 0.249. The lowest BCUT2D eigenvalue weighted by atomic mass is 10.2. The third-order valence-electron chi connectivity index (χ3n) is 2.16. The van der Waals surface area contributed by atoms with Crippen LogP contribution in [0.15, 0.2) is 43.0 Å². The molecule has 1 aromatic carbocycles. The Morgan fingerprint density at radius 3 is 2.84 bits per heavy atom. The number of nitrogens with zero attached hydrogens (tertiary/aromatic N) is 1. The molecule has 0 aliphatic rings. The van der Waals surface area contributed by atoms with E-state index in [2.05, 4.69) is 6.58 Å². The van der Waals surface area contributed by atoms with Crippen molar-refractivity contribution in [2.75, 3.05) is 19.0 Å². The van der Waals surface area contributed by atoms with E-state index in [0.717, 1.165) is 11.8 Å². The van der Waals surface area contributed by atoms with Gasteiger partial charge in [-0.2, -0.15) is 5.26 Å². The minimum Gasteiger partial charge on any atom is -0.455 e. The van der Waals surface area contributed by atoms with Crippen LogP contribution in [0, 0.1) is 10.7 Å². The normalized spacial score (nSPS) is 11.3. The van der Waals surface area contributed by atoms with E-state index < -0.39 is 12.1 Å². The van der Waals surface area contributed by atoms with Crippen molar-refractivity contribution in [1.29, 1.82) is 5.26 Å². The average molecular weight is 277 g/mol. The van der Waals surface area contributed by atoms with Crippen molar-refractivity contribution in [3.63, 3.8) is 0 Å². The average Bonchev–Trinajstić information content (AvgIpc) is 2.45. The smallest absolute Gasteiger partial charge is 0.338 e. The van der Waals surface area contributed by atoms with Crippen molar-refractivity contribution in [1.82, 2.24) is 0 Å². The number of hydrogen-bond acceptors (Lipinski definition) is 5. The second-order valence-electron chi connectivity index (χ2n) is 3.62. The van der Waals surface area contributed by atoms with E-state index in [1.54, 1.807) is 30.3 Å². The summed E-state index contributed by atoms with van der Waals surface area (Å²) in [6.07, 6.45) is 1.17.